The standard InChI is InChI=1S/C20H21N5O3S/c1-13-15(4-3-5-17(13)25(27)28)19(26)21-14-6-7-16-18(12-14)29-20(22-16)24-10-8-23(2)9-11-24/h3-7,12H,8-11H2,1-2H3,(H,21,26). The monoisotopic (exact) mass is 411 g/mol. The summed E-state index contributed by atoms with van der Waals surface area (Å²) in [7, 11) is 2.12. The molecular weight excluding hydrogens is 390 g/mol. The zero-order valence-electron chi connectivity index (χ0n) is 16.2. The summed E-state index contributed by atoms with van der Waals surface area (Å²) < 4.78 is 0.993. The maximum Gasteiger partial charge on any atom is 0.273 e. The number of piperazine rings is 1. The van der Waals surface area contributed by atoms with Crippen LogP contribution in [-0.2, 0) is 0 Å². The fourth-order valence-corrected chi connectivity index (χ4v) is 4.45. The molecule has 0 bridgehead atoms. The molecule has 0 radical (unpaired) electrons. The van der Waals surface area contributed by atoms with Gasteiger partial charge in [-0.05, 0) is 38.2 Å². The van der Waals surface area contributed by atoms with Crippen LogP contribution >= 0.6 is 11.3 Å². The zero-order chi connectivity index (χ0) is 20.5. The first-order chi connectivity index (χ1) is 13.9. The molecule has 0 spiro atoms. The van der Waals surface area contributed by atoms with E-state index in [1.807, 2.05) is 12.1 Å². The number of nitrogens with zero attached hydrogens (tertiary/aromatic N) is 4. The van der Waals surface area contributed by atoms with Gasteiger partial charge in [0.25, 0.3) is 11.6 Å². The van der Waals surface area contributed by atoms with Crippen LogP contribution in [0.15, 0.2) is 36.4 Å². The third kappa shape index (κ3) is 3.92. The Hall–Kier alpha value is -3.04. The van der Waals surface area contributed by atoms with E-state index in [9.17, 15) is 14.9 Å². The van der Waals surface area contributed by atoms with E-state index < -0.39 is 4.92 Å². The van der Waals surface area contributed by atoms with Gasteiger partial charge in [0.1, 0.15) is 0 Å². The number of nitro groups is 1. The maximum atomic E-state index is 12.7. The molecule has 0 saturated carbocycles. The van der Waals surface area contributed by atoms with Crippen molar-refractivity contribution in [3.05, 3.63) is 57.6 Å². The Labute approximate surface area is 171 Å². The predicted octanol–water partition coefficient (Wildman–Crippen LogP) is 3.52. The van der Waals surface area contributed by atoms with Crippen LogP contribution in [0.4, 0.5) is 16.5 Å². The van der Waals surface area contributed by atoms with Crippen molar-refractivity contribution in [1.82, 2.24) is 9.88 Å². The van der Waals surface area contributed by atoms with Crippen molar-refractivity contribution in [1.29, 1.82) is 0 Å². The lowest BCUT2D eigenvalue weighted by molar-refractivity contribution is -0.385. The molecule has 2 heterocycles. The van der Waals surface area contributed by atoms with Crippen LogP contribution in [-0.4, -0.2) is 53.9 Å². The first kappa shape index (κ1) is 19.3. The smallest absolute Gasteiger partial charge is 0.273 e. The van der Waals surface area contributed by atoms with Gasteiger partial charge in [0.2, 0.25) is 0 Å². The van der Waals surface area contributed by atoms with E-state index in [0.717, 1.165) is 41.5 Å². The SMILES string of the molecule is Cc1c(C(=O)Nc2ccc3nc(N4CCN(C)CC4)sc3c2)cccc1[N+](=O)[O-]. The molecule has 1 N–H and O–H groups in total. The van der Waals surface area contributed by atoms with Gasteiger partial charge in [-0.25, -0.2) is 4.98 Å². The Morgan fingerprint density at radius 3 is 2.69 bits per heavy atom. The summed E-state index contributed by atoms with van der Waals surface area (Å²) in [5.74, 6) is -0.366. The summed E-state index contributed by atoms with van der Waals surface area (Å²) in [5.41, 5.74) is 2.12. The zero-order valence-corrected chi connectivity index (χ0v) is 17.0. The summed E-state index contributed by atoms with van der Waals surface area (Å²) in [6.07, 6.45) is 0. The van der Waals surface area contributed by atoms with Crippen LogP contribution in [0.1, 0.15) is 15.9 Å². The highest BCUT2D eigenvalue weighted by Gasteiger charge is 2.20. The Balaban J connectivity index is 1.55. The second-order valence-corrected chi connectivity index (χ2v) is 8.14. The summed E-state index contributed by atoms with van der Waals surface area (Å²) in [6.45, 7) is 5.51. The minimum atomic E-state index is -0.477. The molecule has 1 fully saturated rings. The number of fused-ring (bicyclic) bond motifs is 1. The number of aromatic nitrogens is 1. The van der Waals surface area contributed by atoms with Crippen molar-refractivity contribution in [3.8, 4) is 0 Å². The number of anilines is 2. The van der Waals surface area contributed by atoms with Crippen LogP contribution in [0, 0.1) is 17.0 Å². The molecule has 1 amide bonds. The van der Waals surface area contributed by atoms with E-state index in [1.54, 1.807) is 30.4 Å². The fourth-order valence-electron chi connectivity index (χ4n) is 3.39. The molecule has 1 saturated heterocycles. The molecule has 0 aliphatic carbocycles. The van der Waals surface area contributed by atoms with Gasteiger partial charge in [0, 0.05) is 49.1 Å². The van der Waals surface area contributed by atoms with E-state index in [-0.39, 0.29) is 11.6 Å². The average molecular weight is 411 g/mol. The second kappa shape index (κ2) is 7.76. The van der Waals surface area contributed by atoms with Crippen molar-refractivity contribution in [2.75, 3.05) is 43.4 Å². The van der Waals surface area contributed by atoms with Crippen LogP contribution in [0.25, 0.3) is 10.2 Å². The first-order valence-electron chi connectivity index (χ1n) is 9.32. The van der Waals surface area contributed by atoms with Crippen LogP contribution in [0.3, 0.4) is 0 Å². The second-order valence-electron chi connectivity index (χ2n) is 7.13. The predicted molar refractivity (Wildman–Crippen MR) is 115 cm³/mol. The van der Waals surface area contributed by atoms with E-state index in [0.29, 0.717) is 16.8 Å². The van der Waals surface area contributed by atoms with Gasteiger partial charge >= 0.3 is 0 Å². The summed E-state index contributed by atoms with van der Waals surface area (Å²) in [5, 5.41) is 15.0. The number of benzene rings is 2. The van der Waals surface area contributed by atoms with Crippen molar-refractivity contribution in [3.63, 3.8) is 0 Å². The lowest BCUT2D eigenvalue weighted by Crippen LogP contribution is -2.44. The van der Waals surface area contributed by atoms with Crippen molar-refractivity contribution in [2.24, 2.45) is 0 Å². The van der Waals surface area contributed by atoms with Gasteiger partial charge in [0.15, 0.2) is 5.13 Å². The topological polar surface area (TPSA) is 91.6 Å². The number of nitro benzene ring substituents is 1. The van der Waals surface area contributed by atoms with Gasteiger partial charge in [-0.15, -0.1) is 0 Å². The van der Waals surface area contributed by atoms with Crippen LogP contribution in [0.5, 0.6) is 0 Å². The fraction of sp³-hybridized carbons (Fsp3) is 0.300. The van der Waals surface area contributed by atoms with Gasteiger partial charge in [0.05, 0.1) is 15.1 Å². The number of hydrogen-bond donors (Lipinski definition) is 1. The molecule has 4 rings (SSSR count). The van der Waals surface area contributed by atoms with Gasteiger partial charge in [-0.2, -0.15) is 0 Å². The summed E-state index contributed by atoms with van der Waals surface area (Å²) >= 11 is 1.61. The largest absolute Gasteiger partial charge is 0.345 e. The molecule has 150 valence electrons. The molecule has 1 aliphatic heterocycles. The third-order valence-corrected chi connectivity index (χ3v) is 6.23. The lowest BCUT2D eigenvalue weighted by atomic mass is 10.1. The normalized spacial score (nSPS) is 14.9. The molecule has 2 aromatic carbocycles. The first-order valence-corrected chi connectivity index (χ1v) is 10.1. The number of thiazole rings is 1. The Morgan fingerprint density at radius 2 is 1.97 bits per heavy atom. The van der Waals surface area contributed by atoms with Gasteiger partial charge < -0.3 is 15.1 Å². The van der Waals surface area contributed by atoms with Crippen molar-refractivity contribution < 1.29 is 9.72 Å². The number of amides is 1. The van der Waals surface area contributed by atoms with Gasteiger partial charge in [-0.1, -0.05) is 17.4 Å². The molecular formula is C20H21N5O3S. The molecule has 8 nitrogen and oxygen atoms in total. The molecule has 0 atom stereocenters. The van der Waals surface area contributed by atoms with Gasteiger partial charge in [-0.3, -0.25) is 14.9 Å². The van der Waals surface area contributed by atoms with Crippen LogP contribution < -0.4 is 10.2 Å². The van der Waals surface area contributed by atoms with E-state index in [2.05, 4.69) is 22.2 Å². The van der Waals surface area contributed by atoms with Crippen molar-refractivity contribution in [2.45, 2.75) is 6.92 Å². The highest BCUT2D eigenvalue weighted by molar-refractivity contribution is 7.22. The molecule has 1 aliphatic rings. The summed E-state index contributed by atoms with van der Waals surface area (Å²) in [6, 6.07) is 10.1. The molecule has 0 unspecified atom stereocenters. The Morgan fingerprint density at radius 1 is 1.21 bits per heavy atom. The number of carbonyl (C=O) groups excluding carboxylic acids is 1. The van der Waals surface area contributed by atoms with Crippen LogP contribution in [0.2, 0.25) is 0 Å². The highest BCUT2D eigenvalue weighted by atomic mass is 32.1. The molecule has 9 heteroatoms. The highest BCUT2D eigenvalue weighted by Crippen LogP contribution is 2.31. The quantitative estimate of drug-likeness (QED) is 0.522. The average Bonchev–Trinajstić information content (AvgIpc) is 3.11. The van der Waals surface area contributed by atoms with Crippen molar-refractivity contribution >= 4 is 44.0 Å². The number of hydrogen-bond acceptors (Lipinski definition) is 7. The molecule has 29 heavy (non-hydrogen) atoms. The molecule has 1 aromatic heterocycles. The number of nitrogens with one attached hydrogen (secondary N) is 1. The lowest BCUT2D eigenvalue weighted by Gasteiger charge is -2.31. The van der Waals surface area contributed by atoms with E-state index in [1.165, 1.54) is 12.1 Å². The number of likely N-dealkylation sites (N-methyl/N-ethyl adjacent to an activating group) is 1. The third-order valence-electron chi connectivity index (χ3n) is 5.16. The minimum absolute atomic E-state index is 0.0626. The molecule has 3 aromatic rings. The Bertz CT molecular complexity index is 1090. The van der Waals surface area contributed by atoms with E-state index in [4.69, 9.17) is 4.98 Å². The number of rotatable bonds is 4. The minimum Gasteiger partial charge on any atom is -0.345 e. The maximum absolute atomic E-state index is 12.7. The Kier molecular flexibility index (Phi) is 5.16. The number of carbonyl (C=O) groups is 1. The summed E-state index contributed by atoms with van der Waals surface area (Å²) in [4.78, 5) is 32.6. The van der Waals surface area contributed by atoms with E-state index >= 15 is 0 Å².